The monoisotopic (exact) mass is 332 g/mol. The van der Waals surface area contributed by atoms with Crippen molar-refractivity contribution in [3.05, 3.63) is 29.8 Å². The van der Waals surface area contributed by atoms with Crippen LogP contribution in [0.3, 0.4) is 0 Å². The standard InChI is InChI=1S/C19H32N4O/c1-4-23(5-2)12-13-24-18-9-7-6-8-17(18)15-22-19(20-3)21-14-16-10-11-16/h6-9,16H,4-5,10-15H2,1-3H3,(H2,20,21,22). The van der Waals surface area contributed by atoms with E-state index in [-0.39, 0.29) is 0 Å². The van der Waals surface area contributed by atoms with Crippen molar-refractivity contribution in [3.63, 3.8) is 0 Å². The minimum Gasteiger partial charge on any atom is -0.492 e. The van der Waals surface area contributed by atoms with Crippen molar-refractivity contribution in [2.75, 3.05) is 39.8 Å². The highest BCUT2D eigenvalue weighted by molar-refractivity contribution is 5.79. The van der Waals surface area contributed by atoms with Crippen LogP contribution in [-0.2, 0) is 6.54 Å². The van der Waals surface area contributed by atoms with Crippen molar-refractivity contribution in [1.82, 2.24) is 15.5 Å². The van der Waals surface area contributed by atoms with Gasteiger partial charge in [0, 0.05) is 32.2 Å². The molecule has 0 heterocycles. The molecule has 0 amide bonds. The Labute approximate surface area is 146 Å². The lowest BCUT2D eigenvalue weighted by atomic mass is 10.2. The molecule has 0 unspecified atom stereocenters. The van der Waals surface area contributed by atoms with Crippen molar-refractivity contribution in [2.24, 2.45) is 10.9 Å². The van der Waals surface area contributed by atoms with Gasteiger partial charge in [-0.3, -0.25) is 4.99 Å². The third kappa shape index (κ3) is 6.40. The number of ether oxygens (including phenoxy) is 1. The van der Waals surface area contributed by atoms with Gasteiger partial charge >= 0.3 is 0 Å². The maximum absolute atomic E-state index is 6.00. The molecule has 0 bridgehead atoms. The van der Waals surface area contributed by atoms with Crippen LogP contribution in [0.1, 0.15) is 32.3 Å². The van der Waals surface area contributed by atoms with Crippen molar-refractivity contribution in [1.29, 1.82) is 0 Å². The normalized spacial score (nSPS) is 14.8. The lowest BCUT2D eigenvalue weighted by Gasteiger charge is -2.19. The van der Waals surface area contributed by atoms with Gasteiger partial charge in [0.05, 0.1) is 0 Å². The Bertz CT molecular complexity index is 510. The Balaban J connectivity index is 1.81. The fraction of sp³-hybridized carbons (Fsp3) is 0.632. The number of hydrogen-bond donors (Lipinski definition) is 2. The number of nitrogens with zero attached hydrogens (tertiary/aromatic N) is 2. The summed E-state index contributed by atoms with van der Waals surface area (Å²) in [6, 6.07) is 8.22. The third-order valence-electron chi connectivity index (χ3n) is 4.46. The van der Waals surface area contributed by atoms with Crippen molar-refractivity contribution in [3.8, 4) is 5.75 Å². The van der Waals surface area contributed by atoms with E-state index in [9.17, 15) is 0 Å². The lowest BCUT2D eigenvalue weighted by molar-refractivity contribution is 0.221. The number of nitrogens with one attached hydrogen (secondary N) is 2. The van der Waals surface area contributed by atoms with E-state index < -0.39 is 0 Å². The first-order valence-electron chi connectivity index (χ1n) is 9.14. The summed E-state index contributed by atoms with van der Waals surface area (Å²) in [7, 11) is 1.81. The molecule has 0 atom stereocenters. The largest absolute Gasteiger partial charge is 0.492 e. The highest BCUT2D eigenvalue weighted by atomic mass is 16.5. The van der Waals surface area contributed by atoms with Gasteiger partial charge in [-0.05, 0) is 37.9 Å². The Morgan fingerprint density at radius 3 is 2.62 bits per heavy atom. The van der Waals surface area contributed by atoms with Gasteiger partial charge in [-0.15, -0.1) is 0 Å². The molecule has 1 aliphatic carbocycles. The molecule has 0 aliphatic heterocycles. The number of para-hydroxylation sites is 1. The topological polar surface area (TPSA) is 48.9 Å². The smallest absolute Gasteiger partial charge is 0.191 e. The highest BCUT2D eigenvalue weighted by Gasteiger charge is 2.21. The van der Waals surface area contributed by atoms with Crippen LogP contribution in [0.5, 0.6) is 5.75 Å². The molecule has 134 valence electrons. The zero-order valence-electron chi connectivity index (χ0n) is 15.3. The van der Waals surface area contributed by atoms with Gasteiger partial charge in [0.2, 0.25) is 0 Å². The average Bonchev–Trinajstić information content (AvgIpc) is 3.44. The molecule has 0 aromatic heterocycles. The summed E-state index contributed by atoms with van der Waals surface area (Å²) < 4.78 is 6.00. The van der Waals surface area contributed by atoms with Crippen LogP contribution in [-0.4, -0.2) is 50.7 Å². The maximum atomic E-state index is 6.00. The van der Waals surface area contributed by atoms with Gasteiger partial charge in [0.25, 0.3) is 0 Å². The van der Waals surface area contributed by atoms with Crippen LogP contribution in [0.2, 0.25) is 0 Å². The van der Waals surface area contributed by atoms with Crippen molar-refractivity contribution < 1.29 is 4.74 Å². The average molecular weight is 332 g/mol. The molecular formula is C19H32N4O. The minimum absolute atomic E-state index is 0.714. The number of guanidine groups is 1. The summed E-state index contributed by atoms with van der Waals surface area (Å²) in [6.45, 7) is 9.89. The number of hydrogen-bond acceptors (Lipinski definition) is 3. The number of aliphatic imine (C=N–C) groups is 1. The fourth-order valence-corrected chi connectivity index (χ4v) is 2.58. The third-order valence-corrected chi connectivity index (χ3v) is 4.46. The van der Waals surface area contributed by atoms with Crippen LogP contribution in [0.4, 0.5) is 0 Å². The second-order valence-electron chi connectivity index (χ2n) is 6.23. The zero-order valence-corrected chi connectivity index (χ0v) is 15.3. The van der Waals surface area contributed by atoms with E-state index in [1.54, 1.807) is 0 Å². The molecule has 2 rings (SSSR count). The van der Waals surface area contributed by atoms with Gasteiger partial charge in [-0.25, -0.2) is 0 Å². The molecule has 1 aromatic carbocycles. The quantitative estimate of drug-likeness (QED) is 0.510. The molecule has 0 saturated heterocycles. The van der Waals surface area contributed by atoms with Crippen molar-refractivity contribution >= 4 is 5.96 Å². The summed E-state index contributed by atoms with van der Waals surface area (Å²) in [5.41, 5.74) is 1.16. The predicted octanol–water partition coefficient (Wildman–Crippen LogP) is 2.48. The van der Waals surface area contributed by atoms with E-state index in [1.807, 2.05) is 19.2 Å². The summed E-state index contributed by atoms with van der Waals surface area (Å²) >= 11 is 0. The zero-order chi connectivity index (χ0) is 17.2. The second kappa shape index (κ2) is 10.2. The van der Waals surface area contributed by atoms with Gasteiger partial charge < -0.3 is 20.3 Å². The lowest BCUT2D eigenvalue weighted by Crippen LogP contribution is -2.38. The van der Waals surface area contributed by atoms with Gasteiger partial charge in [0.1, 0.15) is 12.4 Å². The number of likely N-dealkylation sites (N-methyl/N-ethyl adjacent to an activating group) is 1. The van der Waals surface area contributed by atoms with Gasteiger partial charge in [-0.1, -0.05) is 32.0 Å². The van der Waals surface area contributed by atoms with E-state index in [1.165, 1.54) is 12.8 Å². The first-order chi connectivity index (χ1) is 11.8. The first kappa shape index (κ1) is 18.6. The van der Waals surface area contributed by atoms with Gasteiger partial charge in [-0.2, -0.15) is 0 Å². The first-order valence-corrected chi connectivity index (χ1v) is 9.14. The highest BCUT2D eigenvalue weighted by Crippen LogP contribution is 2.27. The molecule has 1 aliphatic rings. The summed E-state index contributed by atoms with van der Waals surface area (Å²) in [4.78, 5) is 6.65. The Morgan fingerprint density at radius 1 is 1.21 bits per heavy atom. The maximum Gasteiger partial charge on any atom is 0.191 e. The molecule has 1 fully saturated rings. The summed E-state index contributed by atoms with van der Waals surface area (Å²) in [5, 5.41) is 6.77. The number of rotatable bonds is 10. The van der Waals surface area contributed by atoms with E-state index in [4.69, 9.17) is 4.74 Å². The van der Waals surface area contributed by atoms with Crippen LogP contribution >= 0.6 is 0 Å². The molecule has 0 spiro atoms. The molecule has 0 radical (unpaired) electrons. The predicted molar refractivity (Wildman–Crippen MR) is 101 cm³/mol. The molecule has 2 N–H and O–H groups in total. The summed E-state index contributed by atoms with van der Waals surface area (Å²) in [5.74, 6) is 2.65. The minimum atomic E-state index is 0.714. The second-order valence-corrected chi connectivity index (χ2v) is 6.23. The molecule has 1 saturated carbocycles. The fourth-order valence-electron chi connectivity index (χ4n) is 2.58. The number of benzene rings is 1. The van der Waals surface area contributed by atoms with E-state index >= 15 is 0 Å². The van der Waals surface area contributed by atoms with Crippen LogP contribution in [0, 0.1) is 5.92 Å². The molecule has 1 aromatic rings. The molecule has 5 nitrogen and oxygen atoms in total. The molecule has 5 heteroatoms. The Morgan fingerprint density at radius 2 is 1.96 bits per heavy atom. The van der Waals surface area contributed by atoms with Crippen LogP contribution in [0.15, 0.2) is 29.3 Å². The van der Waals surface area contributed by atoms with Crippen LogP contribution in [0.25, 0.3) is 0 Å². The molecular weight excluding hydrogens is 300 g/mol. The van der Waals surface area contributed by atoms with E-state index in [2.05, 4.69) is 46.5 Å². The van der Waals surface area contributed by atoms with Gasteiger partial charge in [0.15, 0.2) is 5.96 Å². The van der Waals surface area contributed by atoms with E-state index in [0.29, 0.717) is 13.2 Å². The SMILES string of the molecule is CCN(CC)CCOc1ccccc1CNC(=NC)NCC1CC1. The Hall–Kier alpha value is -1.75. The van der Waals surface area contributed by atoms with E-state index in [0.717, 1.165) is 49.4 Å². The van der Waals surface area contributed by atoms with Crippen LogP contribution < -0.4 is 15.4 Å². The summed E-state index contributed by atoms with van der Waals surface area (Å²) in [6.07, 6.45) is 2.68. The van der Waals surface area contributed by atoms with Crippen molar-refractivity contribution in [2.45, 2.75) is 33.2 Å². The Kier molecular flexibility index (Phi) is 7.89. The molecule has 24 heavy (non-hydrogen) atoms.